The van der Waals surface area contributed by atoms with Crippen molar-refractivity contribution in [1.82, 2.24) is 10.6 Å². The lowest BCUT2D eigenvalue weighted by molar-refractivity contribution is -0.120. The first-order valence-electron chi connectivity index (χ1n) is 7.21. The highest BCUT2D eigenvalue weighted by Crippen LogP contribution is 2.25. The van der Waals surface area contributed by atoms with Crippen molar-refractivity contribution < 1.29 is 9.59 Å². The molecule has 0 radical (unpaired) electrons. The summed E-state index contributed by atoms with van der Waals surface area (Å²) in [5, 5.41) is 5.66. The van der Waals surface area contributed by atoms with E-state index in [0.29, 0.717) is 10.6 Å². The monoisotopic (exact) mass is 405 g/mol. The minimum absolute atomic E-state index is 0.143. The number of hydrogen-bond acceptors (Lipinski definition) is 3. The van der Waals surface area contributed by atoms with Gasteiger partial charge in [-0.3, -0.25) is 20.2 Å². The predicted molar refractivity (Wildman–Crippen MR) is 96.0 cm³/mol. The predicted octanol–water partition coefficient (Wildman–Crippen LogP) is 3.45. The molecule has 2 N–H and O–H groups in total. The molecule has 7 heteroatoms. The van der Waals surface area contributed by atoms with Crippen LogP contribution < -0.4 is 10.6 Å². The second-order valence-electron chi connectivity index (χ2n) is 5.26. The zero-order chi connectivity index (χ0) is 17.1. The standard InChI is InChI=1S/C17H13BrClN3O2/c18-12-6-4-10(5-7-12)14-9-15(23)21-17(20-14)22-16(24)11-2-1-3-13(19)8-11/h1-8,14H,9H2,(H2,20,21,22,23,24)/t14-/m0/s1. The van der Waals surface area contributed by atoms with E-state index < -0.39 is 0 Å². The largest absolute Gasteiger partial charge is 0.296 e. The Morgan fingerprint density at radius 2 is 2.00 bits per heavy atom. The van der Waals surface area contributed by atoms with Gasteiger partial charge in [-0.05, 0) is 35.9 Å². The van der Waals surface area contributed by atoms with Crippen molar-refractivity contribution in [3.05, 3.63) is 69.2 Å². The van der Waals surface area contributed by atoms with E-state index in [4.69, 9.17) is 11.6 Å². The van der Waals surface area contributed by atoms with Gasteiger partial charge in [-0.1, -0.05) is 45.7 Å². The number of amides is 2. The van der Waals surface area contributed by atoms with Gasteiger partial charge < -0.3 is 0 Å². The summed E-state index contributed by atoms with van der Waals surface area (Å²) in [7, 11) is 0. The van der Waals surface area contributed by atoms with Gasteiger partial charge >= 0.3 is 0 Å². The first-order chi connectivity index (χ1) is 11.5. The van der Waals surface area contributed by atoms with Gasteiger partial charge in [0, 0.05) is 15.1 Å². The summed E-state index contributed by atoms with van der Waals surface area (Å²) in [5.74, 6) is -0.434. The van der Waals surface area contributed by atoms with E-state index in [1.165, 1.54) is 0 Å². The van der Waals surface area contributed by atoms with Crippen LogP contribution in [-0.4, -0.2) is 17.8 Å². The lowest BCUT2D eigenvalue weighted by atomic mass is 10.0. The Hall–Kier alpha value is -2.18. The maximum Gasteiger partial charge on any atom is 0.258 e. The first-order valence-corrected chi connectivity index (χ1v) is 8.38. The Morgan fingerprint density at radius 3 is 2.71 bits per heavy atom. The van der Waals surface area contributed by atoms with Gasteiger partial charge in [-0.15, -0.1) is 0 Å². The molecule has 1 aliphatic heterocycles. The van der Waals surface area contributed by atoms with Gasteiger partial charge in [0.05, 0.1) is 12.5 Å². The number of carbonyl (C=O) groups is 2. The molecule has 0 aliphatic carbocycles. The third-order valence-electron chi connectivity index (χ3n) is 3.50. The third-order valence-corrected chi connectivity index (χ3v) is 4.26. The number of nitrogens with zero attached hydrogens (tertiary/aromatic N) is 1. The molecule has 2 aromatic carbocycles. The number of benzene rings is 2. The van der Waals surface area contributed by atoms with E-state index >= 15 is 0 Å². The Morgan fingerprint density at radius 1 is 1.25 bits per heavy atom. The van der Waals surface area contributed by atoms with Crippen LogP contribution in [0.25, 0.3) is 0 Å². The van der Waals surface area contributed by atoms with Gasteiger partial charge in [0.1, 0.15) is 0 Å². The normalized spacial score (nSPS) is 17.0. The summed E-state index contributed by atoms with van der Waals surface area (Å²) in [6, 6.07) is 13.8. The number of carbonyl (C=O) groups excluding carboxylic acids is 2. The Bertz CT molecular complexity index is 821. The summed E-state index contributed by atoms with van der Waals surface area (Å²) in [6.45, 7) is 0. The van der Waals surface area contributed by atoms with Crippen LogP contribution in [-0.2, 0) is 4.79 Å². The van der Waals surface area contributed by atoms with E-state index in [-0.39, 0.29) is 30.2 Å². The van der Waals surface area contributed by atoms with E-state index in [9.17, 15) is 9.59 Å². The van der Waals surface area contributed by atoms with E-state index in [1.54, 1.807) is 24.3 Å². The van der Waals surface area contributed by atoms with Gasteiger partial charge in [0.15, 0.2) is 0 Å². The van der Waals surface area contributed by atoms with E-state index in [1.807, 2.05) is 24.3 Å². The SMILES string of the molecule is O=C1C[C@@H](c2ccc(Br)cc2)N=C(NC(=O)c2cccc(Cl)c2)N1. The smallest absolute Gasteiger partial charge is 0.258 e. The average Bonchev–Trinajstić information content (AvgIpc) is 2.55. The van der Waals surface area contributed by atoms with Crippen LogP contribution in [0.3, 0.4) is 0 Å². The molecule has 2 amide bonds. The molecule has 1 atom stereocenters. The number of hydrogen-bond donors (Lipinski definition) is 2. The number of rotatable bonds is 2. The maximum atomic E-state index is 12.3. The maximum absolute atomic E-state index is 12.3. The summed E-state index contributed by atoms with van der Waals surface area (Å²) >= 11 is 9.26. The quantitative estimate of drug-likeness (QED) is 0.802. The fraction of sp³-hybridized carbons (Fsp3) is 0.118. The zero-order valence-electron chi connectivity index (χ0n) is 12.4. The van der Waals surface area contributed by atoms with E-state index in [2.05, 4.69) is 31.6 Å². The molecule has 0 fully saturated rings. The van der Waals surface area contributed by atoms with Crippen molar-refractivity contribution in [2.45, 2.75) is 12.5 Å². The lowest BCUT2D eigenvalue weighted by Gasteiger charge is -2.21. The van der Waals surface area contributed by atoms with Crippen molar-refractivity contribution in [3.8, 4) is 0 Å². The molecule has 0 spiro atoms. The van der Waals surface area contributed by atoms with Gasteiger partial charge in [0.2, 0.25) is 11.9 Å². The molecule has 24 heavy (non-hydrogen) atoms. The van der Waals surface area contributed by atoms with Gasteiger partial charge in [-0.25, -0.2) is 4.99 Å². The zero-order valence-corrected chi connectivity index (χ0v) is 14.8. The number of aliphatic imine (C=N–C) groups is 1. The lowest BCUT2D eigenvalue weighted by Crippen LogP contribution is -2.47. The van der Waals surface area contributed by atoms with Crippen molar-refractivity contribution in [3.63, 3.8) is 0 Å². The van der Waals surface area contributed by atoms with Crippen LogP contribution >= 0.6 is 27.5 Å². The molecular formula is C17H13BrClN3O2. The van der Waals surface area contributed by atoms with Crippen molar-refractivity contribution in [2.24, 2.45) is 4.99 Å². The fourth-order valence-electron chi connectivity index (χ4n) is 2.34. The second kappa shape index (κ2) is 7.15. The molecule has 1 aliphatic rings. The molecular weight excluding hydrogens is 394 g/mol. The number of halogens is 2. The van der Waals surface area contributed by atoms with Gasteiger partial charge in [0.25, 0.3) is 5.91 Å². The van der Waals surface area contributed by atoms with Gasteiger partial charge in [-0.2, -0.15) is 0 Å². The highest BCUT2D eigenvalue weighted by Gasteiger charge is 2.23. The molecule has 0 aromatic heterocycles. The molecule has 0 unspecified atom stereocenters. The van der Waals surface area contributed by atoms with E-state index in [0.717, 1.165) is 10.0 Å². The van der Waals surface area contributed by atoms with Crippen molar-refractivity contribution >= 4 is 45.3 Å². The summed E-state index contributed by atoms with van der Waals surface area (Å²) < 4.78 is 0.949. The second-order valence-corrected chi connectivity index (χ2v) is 6.61. The van der Waals surface area contributed by atoms with Crippen LogP contribution in [0, 0.1) is 0 Å². The Labute approximate surface area is 152 Å². The molecule has 1 heterocycles. The molecule has 5 nitrogen and oxygen atoms in total. The average molecular weight is 407 g/mol. The van der Waals surface area contributed by atoms with Crippen LogP contribution in [0.5, 0.6) is 0 Å². The number of nitrogens with one attached hydrogen (secondary N) is 2. The topological polar surface area (TPSA) is 70.6 Å². The Kier molecular flexibility index (Phi) is 4.97. The molecule has 2 aromatic rings. The fourth-order valence-corrected chi connectivity index (χ4v) is 2.80. The summed E-state index contributed by atoms with van der Waals surface area (Å²) in [5.41, 5.74) is 1.30. The van der Waals surface area contributed by atoms with Crippen molar-refractivity contribution in [2.75, 3.05) is 0 Å². The molecule has 3 rings (SSSR count). The minimum Gasteiger partial charge on any atom is -0.296 e. The highest BCUT2D eigenvalue weighted by molar-refractivity contribution is 9.10. The highest BCUT2D eigenvalue weighted by atomic mass is 79.9. The summed E-state index contributed by atoms with van der Waals surface area (Å²) in [4.78, 5) is 28.6. The van der Waals surface area contributed by atoms with Crippen molar-refractivity contribution in [1.29, 1.82) is 0 Å². The molecule has 0 saturated carbocycles. The Balaban J connectivity index is 1.80. The summed E-state index contributed by atoms with van der Waals surface area (Å²) in [6.07, 6.45) is 0.234. The number of guanidine groups is 1. The molecule has 122 valence electrons. The van der Waals surface area contributed by atoms with Crippen LogP contribution in [0.15, 0.2) is 58.0 Å². The minimum atomic E-state index is -0.381. The third kappa shape index (κ3) is 4.01. The first kappa shape index (κ1) is 16.7. The van der Waals surface area contributed by atoms with Crippen LogP contribution in [0.4, 0.5) is 0 Å². The molecule has 0 bridgehead atoms. The van der Waals surface area contributed by atoms with Crippen LogP contribution in [0.2, 0.25) is 5.02 Å². The van der Waals surface area contributed by atoms with Crippen LogP contribution in [0.1, 0.15) is 28.4 Å². The molecule has 0 saturated heterocycles.